The minimum atomic E-state index is -0.239. The van der Waals surface area contributed by atoms with Gasteiger partial charge in [0.1, 0.15) is 0 Å². The highest BCUT2D eigenvalue weighted by Crippen LogP contribution is 1.96. The summed E-state index contributed by atoms with van der Waals surface area (Å²) < 4.78 is 4.46. The molecule has 0 aromatic heterocycles. The third-order valence-corrected chi connectivity index (χ3v) is 1.02. The number of rotatable bonds is 2. The van der Waals surface area contributed by atoms with Gasteiger partial charge in [0.25, 0.3) is 0 Å². The molecule has 0 amide bonds. The average Bonchev–Trinajstić information content (AvgIpc) is 1.87. The second-order valence-corrected chi connectivity index (χ2v) is 1.79. The first kappa shape index (κ1) is 8.21. The maximum Gasteiger partial charge on any atom is 0.333 e. The molecule has 0 unspecified atom stereocenters. The number of carbonyl (C=O) groups excluding carboxylic acids is 1. The summed E-state index contributed by atoms with van der Waals surface area (Å²) in [5.74, 6) is -0.239. The maximum atomic E-state index is 10.6. The van der Waals surface area contributed by atoms with Crippen LogP contribution in [0.5, 0.6) is 0 Å². The van der Waals surface area contributed by atoms with Gasteiger partial charge in [-0.3, -0.25) is 0 Å². The quantitative estimate of drug-likeness (QED) is 0.416. The van der Waals surface area contributed by atoms with Gasteiger partial charge >= 0.3 is 5.97 Å². The van der Waals surface area contributed by atoms with Gasteiger partial charge in [-0.2, -0.15) is 0 Å². The zero-order chi connectivity index (χ0) is 7.28. The van der Waals surface area contributed by atoms with Crippen LogP contribution in [0.1, 0.15) is 20.3 Å². The predicted molar refractivity (Wildman–Crippen MR) is 36.1 cm³/mol. The molecule has 0 saturated heterocycles. The summed E-state index contributed by atoms with van der Waals surface area (Å²) in [4.78, 5) is 10.6. The van der Waals surface area contributed by atoms with E-state index in [1.807, 2.05) is 13.0 Å². The number of allylic oxidation sites excluding steroid dienone is 1. The summed E-state index contributed by atoms with van der Waals surface area (Å²) >= 11 is 0. The summed E-state index contributed by atoms with van der Waals surface area (Å²) in [6.07, 6.45) is 2.72. The van der Waals surface area contributed by atoms with Crippen molar-refractivity contribution in [2.45, 2.75) is 20.3 Å². The third-order valence-electron chi connectivity index (χ3n) is 1.02. The fourth-order valence-electron chi connectivity index (χ4n) is 0.551. The Balaban J connectivity index is 3.86. The van der Waals surface area contributed by atoms with E-state index in [1.54, 1.807) is 6.92 Å². The van der Waals surface area contributed by atoms with Crippen LogP contribution < -0.4 is 0 Å². The van der Waals surface area contributed by atoms with Gasteiger partial charge in [0.05, 0.1) is 7.11 Å². The van der Waals surface area contributed by atoms with Gasteiger partial charge in [-0.1, -0.05) is 13.0 Å². The Kier molecular flexibility index (Phi) is 3.76. The largest absolute Gasteiger partial charge is 0.466 e. The van der Waals surface area contributed by atoms with E-state index in [0.29, 0.717) is 5.57 Å². The van der Waals surface area contributed by atoms with Crippen molar-refractivity contribution in [3.8, 4) is 0 Å². The van der Waals surface area contributed by atoms with Crippen molar-refractivity contribution in [3.63, 3.8) is 0 Å². The van der Waals surface area contributed by atoms with Crippen LogP contribution in [0.25, 0.3) is 0 Å². The molecule has 2 nitrogen and oxygen atoms in total. The van der Waals surface area contributed by atoms with E-state index in [4.69, 9.17) is 0 Å². The lowest BCUT2D eigenvalue weighted by Crippen LogP contribution is -2.00. The molecule has 0 atom stereocenters. The molecule has 0 bridgehead atoms. The first-order chi connectivity index (χ1) is 4.22. The van der Waals surface area contributed by atoms with Crippen LogP contribution in [0, 0.1) is 0 Å². The Labute approximate surface area is 55.5 Å². The zero-order valence-corrected chi connectivity index (χ0v) is 6.10. The number of hydrogen-bond acceptors (Lipinski definition) is 2. The molecule has 0 fully saturated rings. The van der Waals surface area contributed by atoms with Crippen LogP contribution in [0.15, 0.2) is 11.6 Å². The molecule has 0 aliphatic heterocycles. The summed E-state index contributed by atoms with van der Waals surface area (Å²) in [5.41, 5.74) is 0.681. The molecule has 0 rings (SSSR count). The molecule has 0 saturated carbocycles. The van der Waals surface area contributed by atoms with Crippen LogP contribution in [-0.4, -0.2) is 13.1 Å². The monoisotopic (exact) mass is 128 g/mol. The number of esters is 1. The fraction of sp³-hybridized carbons (Fsp3) is 0.571. The van der Waals surface area contributed by atoms with Crippen molar-refractivity contribution < 1.29 is 9.53 Å². The standard InChI is InChI=1S/C7H12O2/c1-4-5-6(2)7(8)9-3/h5H,4H2,1-3H3. The van der Waals surface area contributed by atoms with Crippen molar-refractivity contribution in [2.75, 3.05) is 7.11 Å². The van der Waals surface area contributed by atoms with Crippen molar-refractivity contribution in [1.82, 2.24) is 0 Å². The molecule has 0 aliphatic carbocycles. The van der Waals surface area contributed by atoms with Gasteiger partial charge in [-0.05, 0) is 13.3 Å². The summed E-state index contributed by atoms with van der Waals surface area (Å²) in [6, 6.07) is 0. The van der Waals surface area contributed by atoms with E-state index in [2.05, 4.69) is 4.74 Å². The topological polar surface area (TPSA) is 26.3 Å². The van der Waals surface area contributed by atoms with Crippen LogP contribution in [0.2, 0.25) is 0 Å². The first-order valence-electron chi connectivity index (χ1n) is 2.97. The van der Waals surface area contributed by atoms with Crippen LogP contribution in [0.3, 0.4) is 0 Å². The SMILES string of the molecule is CCC=C(C)C(=O)OC. The average molecular weight is 128 g/mol. The molecular weight excluding hydrogens is 116 g/mol. The lowest BCUT2D eigenvalue weighted by Gasteiger charge is -1.95. The molecule has 52 valence electrons. The van der Waals surface area contributed by atoms with Gasteiger partial charge in [0.15, 0.2) is 0 Å². The number of methoxy groups -OCH3 is 1. The number of hydrogen-bond donors (Lipinski definition) is 0. The number of ether oxygens (including phenoxy) is 1. The van der Waals surface area contributed by atoms with E-state index in [-0.39, 0.29) is 5.97 Å². The molecule has 0 N–H and O–H groups in total. The first-order valence-corrected chi connectivity index (χ1v) is 2.97. The van der Waals surface area contributed by atoms with E-state index in [0.717, 1.165) is 6.42 Å². The Bertz CT molecular complexity index is 125. The van der Waals surface area contributed by atoms with E-state index in [1.165, 1.54) is 7.11 Å². The lowest BCUT2D eigenvalue weighted by atomic mass is 10.2. The summed E-state index contributed by atoms with van der Waals surface area (Å²) in [7, 11) is 1.38. The van der Waals surface area contributed by atoms with Crippen LogP contribution in [-0.2, 0) is 9.53 Å². The molecule has 0 aromatic carbocycles. The van der Waals surface area contributed by atoms with Gasteiger partial charge in [-0.25, -0.2) is 4.79 Å². The molecule has 0 heterocycles. The van der Waals surface area contributed by atoms with E-state index in [9.17, 15) is 4.79 Å². The minimum Gasteiger partial charge on any atom is -0.466 e. The molecule has 2 heteroatoms. The normalized spacial score (nSPS) is 11.2. The van der Waals surface area contributed by atoms with Gasteiger partial charge in [-0.15, -0.1) is 0 Å². The van der Waals surface area contributed by atoms with Crippen molar-refractivity contribution in [3.05, 3.63) is 11.6 Å². The van der Waals surface area contributed by atoms with Gasteiger partial charge < -0.3 is 4.74 Å². The maximum absolute atomic E-state index is 10.6. The Morgan fingerprint density at radius 3 is 2.56 bits per heavy atom. The highest BCUT2D eigenvalue weighted by atomic mass is 16.5. The Morgan fingerprint density at radius 2 is 2.22 bits per heavy atom. The summed E-state index contributed by atoms with van der Waals surface area (Å²) in [6.45, 7) is 3.72. The van der Waals surface area contributed by atoms with Crippen molar-refractivity contribution in [1.29, 1.82) is 0 Å². The smallest absolute Gasteiger partial charge is 0.333 e. The van der Waals surface area contributed by atoms with E-state index < -0.39 is 0 Å². The predicted octanol–water partition coefficient (Wildman–Crippen LogP) is 1.52. The van der Waals surface area contributed by atoms with Crippen LogP contribution in [0.4, 0.5) is 0 Å². The molecule has 0 aliphatic rings. The second kappa shape index (κ2) is 4.13. The van der Waals surface area contributed by atoms with Crippen molar-refractivity contribution in [2.24, 2.45) is 0 Å². The molecule has 0 radical (unpaired) electrons. The van der Waals surface area contributed by atoms with Crippen LogP contribution >= 0.6 is 0 Å². The molecule has 9 heavy (non-hydrogen) atoms. The Morgan fingerprint density at radius 1 is 1.67 bits per heavy atom. The molecule has 0 spiro atoms. The van der Waals surface area contributed by atoms with Gasteiger partial charge in [0, 0.05) is 5.57 Å². The van der Waals surface area contributed by atoms with Crippen molar-refractivity contribution >= 4 is 5.97 Å². The lowest BCUT2D eigenvalue weighted by molar-refractivity contribution is -0.136. The second-order valence-electron chi connectivity index (χ2n) is 1.79. The number of carbonyl (C=O) groups is 1. The molecular formula is C7H12O2. The highest BCUT2D eigenvalue weighted by molar-refractivity contribution is 5.87. The minimum absolute atomic E-state index is 0.239. The van der Waals surface area contributed by atoms with E-state index >= 15 is 0 Å². The third kappa shape index (κ3) is 2.90. The Hall–Kier alpha value is -0.790. The molecule has 0 aromatic rings. The van der Waals surface area contributed by atoms with Gasteiger partial charge in [0.2, 0.25) is 0 Å². The fourth-order valence-corrected chi connectivity index (χ4v) is 0.551. The highest BCUT2D eigenvalue weighted by Gasteiger charge is 1.99. The summed E-state index contributed by atoms with van der Waals surface area (Å²) in [5, 5.41) is 0. The zero-order valence-electron chi connectivity index (χ0n) is 6.10.